The molecule has 232 valence electrons. The molecule has 0 saturated carbocycles. The summed E-state index contributed by atoms with van der Waals surface area (Å²) in [6.45, 7) is 3.24. The van der Waals surface area contributed by atoms with Gasteiger partial charge in [-0.25, -0.2) is 0 Å². The van der Waals surface area contributed by atoms with Crippen LogP contribution in [0.3, 0.4) is 0 Å². The average Bonchev–Trinajstić information content (AvgIpc) is 2.88. The number of hydrogen-bond donors (Lipinski definition) is 0. The minimum Gasteiger partial charge on any atom is -0.381 e. The molecule has 2 aromatic carbocycles. The quantitative estimate of drug-likeness (QED) is 0.160. The van der Waals surface area contributed by atoms with Crippen LogP contribution in [0.4, 0.5) is 0 Å². The maximum absolute atomic E-state index is 11.0. The number of carbonyl (C=O) groups excluding carboxylic acids is 2. The first-order chi connectivity index (χ1) is 17.4. The van der Waals surface area contributed by atoms with Crippen molar-refractivity contribution >= 4 is 35.1 Å². The van der Waals surface area contributed by atoms with Crippen LogP contribution in [0, 0.1) is 0 Å². The van der Waals surface area contributed by atoms with E-state index in [0.29, 0.717) is 12.8 Å². The van der Waals surface area contributed by atoms with Crippen LogP contribution in [0.25, 0.3) is 0 Å². The highest BCUT2D eigenvalue weighted by Gasteiger charge is 2.10. The Kier molecular flexibility index (Phi) is 34.5. The fourth-order valence-corrected chi connectivity index (χ4v) is 5.55. The molecule has 0 saturated heterocycles. The van der Waals surface area contributed by atoms with Crippen LogP contribution in [0.15, 0.2) is 60.7 Å². The summed E-state index contributed by atoms with van der Waals surface area (Å²) < 4.78 is 10.6. The fraction of sp³-hybridized carbons (Fsp3) is 0.588. The summed E-state index contributed by atoms with van der Waals surface area (Å²) in [5.41, 5.74) is 2.73. The highest BCUT2D eigenvalue weighted by molar-refractivity contribution is 7.98. The van der Waals surface area contributed by atoms with Gasteiger partial charge in [0.1, 0.15) is 11.6 Å². The van der Waals surface area contributed by atoms with E-state index in [-0.39, 0.29) is 53.5 Å². The van der Waals surface area contributed by atoms with Gasteiger partial charge in [-0.1, -0.05) is 96.8 Å². The average molecular weight is 597 g/mol. The second-order valence-electron chi connectivity index (χ2n) is 8.89. The van der Waals surface area contributed by atoms with Crippen LogP contribution in [-0.4, -0.2) is 49.5 Å². The van der Waals surface area contributed by atoms with Gasteiger partial charge in [0.15, 0.2) is 0 Å². The smallest absolute Gasteiger partial charge is 0.132 e. The van der Waals surface area contributed by atoms with E-state index in [1.54, 1.807) is 28.1 Å². The molecule has 4 nitrogen and oxygen atoms in total. The van der Waals surface area contributed by atoms with E-state index in [2.05, 4.69) is 48.5 Å². The minimum absolute atomic E-state index is 0. The van der Waals surface area contributed by atoms with E-state index in [4.69, 9.17) is 9.47 Å². The topological polar surface area (TPSA) is 52.6 Å². The van der Waals surface area contributed by atoms with Crippen molar-refractivity contribution in [1.29, 1.82) is 0 Å². The molecule has 0 heterocycles. The Hall–Kier alpha value is -1.60. The van der Waals surface area contributed by atoms with Crippen molar-refractivity contribution < 1.29 is 19.1 Å². The number of rotatable bonds is 18. The molecule has 2 atom stereocenters. The molecule has 0 fully saturated rings. The monoisotopic (exact) mass is 596 g/mol. The van der Waals surface area contributed by atoms with Crippen LogP contribution < -0.4 is 0 Å². The van der Waals surface area contributed by atoms with Gasteiger partial charge in [-0.05, 0) is 55.7 Å². The van der Waals surface area contributed by atoms with Gasteiger partial charge < -0.3 is 9.47 Å². The van der Waals surface area contributed by atoms with E-state index < -0.39 is 0 Å². The van der Waals surface area contributed by atoms with E-state index in [1.165, 1.54) is 23.3 Å². The Morgan fingerprint density at radius 3 is 1.43 bits per heavy atom. The van der Waals surface area contributed by atoms with Gasteiger partial charge >= 0.3 is 0 Å². The SMILES string of the molecule is C.C.C.C.COC(CCCCSCc1ccccc1)CC(C)=O.COC(CCSCc1ccccc1)CC(C)=O. The molecule has 2 rings (SSSR count). The molecular formula is C34H60O4S2. The lowest BCUT2D eigenvalue weighted by atomic mass is 10.1. The number of hydrogen-bond acceptors (Lipinski definition) is 6. The molecule has 0 radical (unpaired) electrons. The number of unbranched alkanes of at least 4 members (excludes halogenated alkanes) is 1. The number of carbonyl (C=O) groups is 2. The standard InChI is InChI=1S/C16H24O2S.C14H20O2S.4CH4/c1-14(17)12-16(18-2)10-6-7-11-19-13-15-8-4-3-5-9-15;1-12(15)10-14(16-2)8-9-17-11-13-6-4-3-5-7-13;;;;/h3-5,8-9,16H,6-7,10-13H2,1-2H3;3-7,14H,8-11H2,1-2H3;4*1H4. The molecule has 0 aromatic heterocycles. The van der Waals surface area contributed by atoms with E-state index in [1.807, 2.05) is 35.7 Å². The third-order valence-corrected chi connectivity index (χ3v) is 7.75. The fourth-order valence-electron chi connectivity index (χ4n) is 3.57. The van der Waals surface area contributed by atoms with Gasteiger partial charge in [0.25, 0.3) is 0 Å². The Labute approximate surface area is 256 Å². The van der Waals surface area contributed by atoms with Crippen molar-refractivity contribution in [1.82, 2.24) is 0 Å². The molecular weight excluding hydrogens is 537 g/mol. The number of thioether (sulfide) groups is 2. The Morgan fingerprint density at radius 1 is 0.625 bits per heavy atom. The lowest BCUT2D eigenvalue weighted by Crippen LogP contribution is -2.15. The summed E-state index contributed by atoms with van der Waals surface area (Å²) in [5.74, 6) is 4.72. The largest absolute Gasteiger partial charge is 0.381 e. The summed E-state index contributed by atoms with van der Waals surface area (Å²) in [4.78, 5) is 22.0. The lowest BCUT2D eigenvalue weighted by Gasteiger charge is -2.13. The number of ketones is 2. The third-order valence-electron chi connectivity index (χ3n) is 5.57. The second kappa shape index (κ2) is 30.4. The molecule has 0 N–H and O–H groups in total. The Balaban J connectivity index is -0.000000296. The predicted octanol–water partition coefficient (Wildman–Crippen LogP) is 9.93. The van der Waals surface area contributed by atoms with E-state index in [0.717, 1.165) is 36.5 Å². The molecule has 2 unspecified atom stereocenters. The summed E-state index contributed by atoms with van der Waals surface area (Å²) >= 11 is 3.86. The Bertz CT molecular complexity index is 815. The van der Waals surface area contributed by atoms with Gasteiger partial charge in [-0.2, -0.15) is 23.5 Å². The highest BCUT2D eigenvalue weighted by atomic mass is 32.2. The van der Waals surface area contributed by atoms with Gasteiger partial charge in [0, 0.05) is 38.6 Å². The number of Topliss-reactive ketones (excluding diaryl/α,β-unsaturated/α-hetero) is 2. The van der Waals surface area contributed by atoms with Crippen molar-refractivity contribution in [3.63, 3.8) is 0 Å². The summed E-state index contributed by atoms with van der Waals surface area (Å²) in [5, 5.41) is 0. The number of methoxy groups -OCH3 is 2. The molecule has 6 heteroatoms. The minimum atomic E-state index is 0. The zero-order chi connectivity index (χ0) is 26.4. The van der Waals surface area contributed by atoms with Gasteiger partial charge in [-0.3, -0.25) is 9.59 Å². The first-order valence-corrected chi connectivity index (χ1v) is 15.0. The van der Waals surface area contributed by atoms with Crippen LogP contribution in [-0.2, 0) is 30.6 Å². The molecule has 0 bridgehead atoms. The van der Waals surface area contributed by atoms with Crippen LogP contribution in [0.1, 0.15) is 93.2 Å². The zero-order valence-corrected chi connectivity index (χ0v) is 24.1. The molecule has 0 spiro atoms. The summed E-state index contributed by atoms with van der Waals surface area (Å²) in [6.07, 6.45) is 5.52. The Morgan fingerprint density at radius 2 is 1.02 bits per heavy atom. The lowest BCUT2D eigenvalue weighted by molar-refractivity contribution is -0.120. The second-order valence-corrected chi connectivity index (χ2v) is 11.1. The van der Waals surface area contributed by atoms with Crippen molar-refractivity contribution in [2.24, 2.45) is 0 Å². The summed E-state index contributed by atoms with van der Waals surface area (Å²) in [7, 11) is 3.37. The number of ether oxygens (including phenoxy) is 2. The van der Waals surface area contributed by atoms with Gasteiger partial charge in [0.2, 0.25) is 0 Å². The predicted molar refractivity (Wildman–Crippen MR) is 183 cm³/mol. The van der Waals surface area contributed by atoms with Gasteiger partial charge in [0.05, 0.1) is 12.2 Å². The van der Waals surface area contributed by atoms with E-state index >= 15 is 0 Å². The molecule has 0 amide bonds. The maximum atomic E-state index is 11.0. The molecule has 0 aliphatic heterocycles. The van der Waals surface area contributed by atoms with Crippen molar-refractivity contribution in [3.05, 3.63) is 71.8 Å². The van der Waals surface area contributed by atoms with Crippen LogP contribution >= 0.6 is 23.5 Å². The van der Waals surface area contributed by atoms with Crippen molar-refractivity contribution in [3.8, 4) is 0 Å². The molecule has 40 heavy (non-hydrogen) atoms. The summed E-state index contributed by atoms with van der Waals surface area (Å²) in [6, 6.07) is 21.0. The molecule has 0 aliphatic rings. The first kappa shape index (κ1) is 45.4. The van der Waals surface area contributed by atoms with Crippen molar-refractivity contribution in [2.75, 3.05) is 25.7 Å². The third kappa shape index (κ3) is 25.4. The molecule has 0 aliphatic carbocycles. The van der Waals surface area contributed by atoms with E-state index in [9.17, 15) is 9.59 Å². The van der Waals surface area contributed by atoms with Crippen LogP contribution in [0.5, 0.6) is 0 Å². The van der Waals surface area contributed by atoms with Crippen molar-refractivity contribution in [2.45, 2.75) is 106 Å². The first-order valence-electron chi connectivity index (χ1n) is 12.7. The zero-order valence-electron chi connectivity index (χ0n) is 22.4. The normalized spacial score (nSPS) is 11.1. The maximum Gasteiger partial charge on any atom is 0.132 e. The number of benzene rings is 2. The van der Waals surface area contributed by atoms with Gasteiger partial charge in [-0.15, -0.1) is 0 Å². The highest BCUT2D eigenvalue weighted by Crippen LogP contribution is 2.17. The molecule has 2 aromatic rings. The van der Waals surface area contributed by atoms with Crippen LogP contribution in [0.2, 0.25) is 0 Å².